The number of anilines is 1. The number of amides is 2. The number of benzene rings is 1. The summed E-state index contributed by atoms with van der Waals surface area (Å²) >= 11 is 11.8. The van der Waals surface area contributed by atoms with E-state index in [1.807, 2.05) is 5.43 Å². The fourth-order valence-corrected chi connectivity index (χ4v) is 2.12. The Morgan fingerprint density at radius 1 is 1.38 bits per heavy atom. The molecule has 16 heavy (non-hydrogen) atoms. The van der Waals surface area contributed by atoms with E-state index in [0.717, 1.165) is 0 Å². The van der Waals surface area contributed by atoms with Crippen molar-refractivity contribution in [3.63, 3.8) is 0 Å². The lowest BCUT2D eigenvalue weighted by atomic mass is 10.00. The molecule has 1 heterocycles. The Kier molecular flexibility index (Phi) is 2.75. The Bertz CT molecular complexity index is 490. The van der Waals surface area contributed by atoms with Crippen LogP contribution in [0.2, 0.25) is 10.0 Å². The molecule has 7 heteroatoms. The van der Waals surface area contributed by atoms with Gasteiger partial charge < -0.3 is 5.32 Å². The van der Waals surface area contributed by atoms with E-state index in [2.05, 4.69) is 5.32 Å². The molecule has 0 aromatic heterocycles. The molecule has 84 valence electrons. The fourth-order valence-electron chi connectivity index (χ4n) is 1.64. The van der Waals surface area contributed by atoms with Crippen LogP contribution in [-0.4, -0.2) is 11.8 Å². The third kappa shape index (κ3) is 1.53. The molecule has 0 saturated carbocycles. The van der Waals surface area contributed by atoms with E-state index in [-0.39, 0.29) is 0 Å². The summed E-state index contributed by atoms with van der Waals surface area (Å²) in [5.74, 6) is 2.84. The zero-order valence-corrected chi connectivity index (χ0v) is 9.39. The number of nitrogens with one attached hydrogen (secondary N) is 2. The van der Waals surface area contributed by atoms with Gasteiger partial charge in [0, 0.05) is 10.6 Å². The predicted molar refractivity (Wildman–Crippen MR) is 60.2 cm³/mol. The van der Waals surface area contributed by atoms with Crippen molar-refractivity contribution in [1.29, 1.82) is 0 Å². The third-order valence-corrected chi connectivity index (χ3v) is 2.99. The summed E-state index contributed by atoms with van der Waals surface area (Å²) in [5.41, 5.74) is 2.65. The maximum Gasteiger partial charge on any atom is 0.251 e. The molecule has 0 radical (unpaired) electrons. The highest BCUT2D eigenvalue weighted by atomic mass is 35.5. The van der Waals surface area contributed by atoms with E-state index in [9.17, 15) is 9.59 Å². The minimum absolute atomic E-state index is 0.298. The van der Waals surface area contributed by atoms with Gasteiger partial charge in [0.1, 0.15) is 5.92 Å². The summed E-state index contributed by atoms with van der Waals surface area (Å²) in [5, 5.41) is 3.13. The highest BCUT2D eigenvalue weighted by molar-refractivity contribution is 6.38. The summed E-state index contributed by atoms with van der Waals surface area (Å²) in [6.07, 6.45) is 0. The van der Waals surface area contributed by atoms with E-state index in [1.165, 1.54) is 6.07 Å². The van der Waals surface area contributed by atoms with Gasteiger partial charge in [-0.3, -0.25) is 15.0 Å². The number of carbonyl (C=O) groups excluding carboxylic acids is 2. The highest BCUT2D eigenvalue weighted by Crippen LogP contribution is 2.42. The normalized spacial score (nSPS) is 17.9. The van der Waals surface area contributed by atoms with Gasteiger partial charge in [0.25, 0.3) is 5.91 Å². The lowest BCUT2D eigenvalue weighted by Crippen LogP contribution is -2.37. The first-order valence-electron chi connectivity index (χ1n) is 4.35. The van der Waals surface area contributed by atoms with Gasteiger partial charge in [0.05, 0.1) is 10.7 Å². The Morgan fingerprint density at radius 3 is 2.62 bits per heavy atom. The van der Waals surface area contributed by atoms with Crippen LogP contribution in [0.25, 0.3) is 0 Å². The molecule has 0 bridgehead atoms. The summed E-state index contributed by atoms with van der Waals surface area (Å²) in [4.78, 5) is 23.0. The quantitative estimate of drug-likeness (QED) is 0.305. The minimum Gasteiger partial charge on any atom is -0.323 e. The second kappa shape index (κ2) is 3.93. The van der Waals surface area contributed by atoms with Gasteiger partial charge in [-0.25, -0.2) is 5.84 Å². The van der Waals surface area contributed by atoms with Gasteiger partial charge in [-0.1, -0.05) is 23.2 Å². The number of hydrogen-bond donors (Lipinski definition) is 3. The van der Waals surface area contributed by atoms with Crippen molar-refractivity contribution in [3.05, 3.63) is 27.7 Å². The Balaban J connectivity index is 2.60. The summed E-state index contributed by atoms with van der Waals surface area (Å²) in [6, 6.07) is 3.07. The Hall–Kier alpha value is -1.30. The zero-order chi connectivity index (χ0) is 11.9. The number of nitrogens with two attached hydrogens (primary N) is 1. The van der Waals surface area contributed by atoms with Gasteiger partial charge in [-0.05, 0) is 12.1 Å². The van der Waals surface area contributed by atoms with Crippen LogP contribution in [0.15, 0.2) is 12.1 Å². The third-order valence-electron chi connectivity index (χ3n) is 2.34. The van der Waals surface area contributed by atoms with Crippen molar-refractivity contribution in [2.45, 2.75) is 5.92 Å². The van der Waals surface area contributed by atoms with Crippen molar-refractivity contribution in [1.82, 2.24) is 5.43 Å². The van der Waals surface area contributed by atoms with E-state index in [4.69, 9.17) is 29.0 Å². The van der Waals surface area contributed by atoms with Crippen LogP contribution in [0.1, 0.15) is 11.5 Å². The van der Waals surface area contributed by atoms with Crippen LogP contribution in [0.4, 0.5) is 5.69 Å². The molecule has 2 amide bonds. The molecule has 5 nitrogen and oxygen atoms in total. The number of hydrogen-bond acceptors (Lipinski definition) is 3. The lowest BCUT2D eigenvalue weighted by molar-refractivity contribution is -0.128. The number of carbonyl (C=O) groups is 2. The fraction of sp³-hybridized carbons (Fsp3) is 0.111. The molecular formula is C9H7Cl2N3O2. The molecule has 1 aliphatic heterocycles. The summed E-state index contributed by atoms with van der Waals surface area (Å²) in [7, 11) is 0. The SMILES string of the molecule is NNC(=O)C1C(=O)Nc2c(Cl)ccc(Cl)c21. The highest BCUT2D eigenvalue weighted by Gasteiger charge is 2.39. The molecule has 1 aromatic carbocycles. The number of hydrazine groups is 1. The average Bonchev–Trinajstić information content (AvgIpc) is 2.61. The standard InChI is InChI=1S/C9H7Cl2N3O2/c10-3-1-2-4(11)7-5(3)6(8(15)13-7)9(16)14-12/h1-2,6H,12H2,(H,13,15)(H,14,16). The van der Waals surface area contributed by atoms with Crippen molar-refractivity contribution in [2.24, 2.45) is 5.84 Å². The lowest BCUT2D eigenvalue weighted by Gasteiger charge is -2.08. The molecule has 0 saturated heterocycles. The molecule has 0 fully saturated rings. The van der Waals surface area contributed by atoms with Crippen molar-refractivity contribution in [3.8, 4) is 0 Å². The van der Waals surface area contributed by atoms with Gasteiger partial charge in [0.15, 0.2) is 0 Å². The van der Waals surface area contributed by atoms with E-state index in [1.54, 1.807) is 6.07 Å². The minimum atomic E-state index is -1.05. The number of fused-ring (bicyclic) bond motifs is 1. The van der Waals surface area contributed by atoms with E-state index in [0.29, 0.717) is 21.3 Å². The molecule has 1 aromatic rings. The second-order valence-electron chi connectivity index (χ2n) is 3.25. The number of halogens is 2. The van der Waals surface area contributed by atoms with Gasteiger partial charge >= 0.3 is 0 Å². The molecule has 1 aliphatic rings. The molecular weight excluding hydrogens is 253 g/mol. The maximum absolute atomic E-state index is 11.6. The number of rotatable bonds is 1. The largest absolute Gasteiger partial charge is 0.323 e. The van der Waals surface area contributed by atoms with Crippen LogP contribution in [0, 0.1) is 0 Å². The first-order valence-corrected chi connectivity index (χ1v) is 5.11. The first kappa shape index (κ1) is 11.2. The van der Waals surface area contributed by atoms with E-state index >= 15 is 0 Å². The summed E-state index contributed by atoms with van der Waals surface area (Å²) < 4.78 is 0. The summed E-state index contributed by atoms with van der Waals surface area (Å²) in [6.45, 7) is 0. The first-order chi connectivity index (χ1) is 7.56. The van der Waals surface area contributed by atoms with Gasteiger partial charge in [0.2, 0.25) is 5.91 Å². The van der Waals surface area contributed by atoms with Crippen molar-refractivity contribution in [2.75, 3.05) is 5.32 Å². The molecule has 2 rings (SSSR count). The molecule has 1 unspecified atom stereocenters. The van der Waals surface area contributed by atoms with Crippen LogP contribution in [-0.2, 0) is 9.59 Å². The van der Waals surface area contributed by atoms with E-state index < -0.39 is 17.7 Å². The topological polar surface area (TPSA) is 84.2 Å². The Labute approximate surface area is 101 Å². The van der Waals surface area contributed by atoms with Crippen molar-refractivity contribution >= 4 is 40.7 Å². The van der Waals surface area contributed by atoms with Gasteiger partial charge in [-0.15, -0.1) is 0 Å². The van der Waals surface area contributed by atoms with Crippen LogP contribution < -0.4 is 16.6 Å². The second-order valence-corrected chi connectivity index (χ2v) is 4.06. The monoisotopic (exact) mass is 259 g/mol. The molecule has 4 N–H and O–H groups in total. The zero-order valence-electron chi connectivity index (χ0n) is 7.88. The molecule has 1 atom stereocenters. The molecule has 0 aliphatic carbocycles. The van der Waals surface area contributed by atoms with Crippen LogP contribution in [0.3, 0.4) is 0 Å². The predicted octanol–water partition coefficient (Wildman–Crippen LogP) is 1.02. The smallest absolute Gasteiger partial charge is 0.251 e. The van der Waals surface area contributed by atoms with Crippen LogP contribution >= 0.6 is 23.2 Å². The Morgan fingerprint density at radius 2 is 2.00 bits per heavy atom. The van der Waals surface area contributed by atoms with Crippen LogP contribution in [0.5, 0.6) is 0 Å². The average molecular weight is 260 g/mol. The van der Waals surface area contributed by atoms with Gasteiger partial charge in [-0.2, -0.15) is 0 Å². The maximum atomic E-state index is 11.6. The van der Waals surface area contributed by atoms with Crippen molar-refractivity contribution < 1.29 is 9.59 Å². The molecule has 0 spiro atoms.